The van der Waals surface area contributed by atoms with Gasteiger partial charge in [-0.2, -0.15) is 10.1 Å². The minimum atomic E-state index is 0.332. The van der Waals surface area contributed by atoms with E-state index in [1.165, 1.54) is 0 Å². The Morgan fingerprint density at radius 3 is 3.00 bits per heavy atom. The van der Waals surface area contributed by atoms with E-state index in [2.05, 4.69) is 32.4 Å². The molecule has 76 valence electrons. The van der Waals surface area contributed by atoms with Gasteiger partial charge in [0.05, 0.1) is 6.20 Å². The largest absolute Gasteiger partial charge is 0.366 e. The van der Waals surface area contributed by atoms with Gasteiger partial charge in [-0.15, -0.1) is 11.7 Å². The van der Waals surface area contributed by atoms with E-state index in [-0.39, 0.29) is 0 Å². The topological polar surface area (TPSA) is 62.7 Å². The fourth-order valence-electron chi connectivity index (χ4n) is 0.907. The van der Waals surface area contributed by atoms with E-state index in [1.54, 1.807) is 12.3 Å². The minimum Gasteiger partial charge on any atom is -0.366 e. The van der Waals surface area contributed by atoms with Crippen LogP contribution in [0.25, 0.3) is 0 Å². The molecule has 0 unspecified atom stereocenters. The molecule has 0 saturated heterocycles. The van der Waals surface area contributed by atoms with Crippen LogP contribution < -0.4 is 10.6 Å². The van der Waals surface area contributed by atoms with Crippen molar-refractivity contribution in [1.82, 2.24) is 15.2 Å². The Morgan fingerprint density at radius 2 is 2.36 bits per heavy atom. The number of nitrogens with zero attached hydrogens (tertiary/aromatic N) is 3. The first-order valence-electron chi connectivity index (χ1n) is 4.53. The van der Waals surface area contributed by atoms with Crippen LogP contribution in [0.5, 0.6) is 0 Å². The quantitative estimate of drug-likeness (QED) is 0.690. The monoisotopic (exact) mass is 193 g/mol. The van der Waals surface area contributed by atoms with Crippen molar-refractivity contribution in [1.29, 1.82) is 0 Å². The summed E-state index contributed by atoms with van der Waals surface area (Å²) >= 11 is 0. The van der Waals surface area contributed by atoms with Gasteiger partial charge in [-0.1, -0.05) is 6.08 Å². The Hall–Kier alpha value is -1.65. The van der Waals surface area contributed by atoms with Crippen LogP contribution in [0.3, 0.4) is 0 Å². The summed E-state index contributed by atoms with van der Waals surface area (Å²) in [4.78, 5) is 4.21. The van der Waals surface area contributed by atoms with E-state index in [1.807, 2.05) is 13.8 Å². The number of rotatable bonds is 5. The van der Waals surface area contributed by atoms with Gasteiger partial charge in [-0.05, 0) is 13.8 Å². The van der Waals surface area contributed by atoms with E-state index in [0.717, 1.165) is 5.82 Å². The first kappa shape index (κ1) is 10.4. The number of nitrogens with one attached hydrogen (secondary N) is 2. The number of aromatic nitrogens is 3. The minimum absolute atomic E-state index is 0.332. The van der Waals surface area contributed by atoms with E-state index in [4.69, 9.17) is 0 Å². The third-order valence-corrected chi connectivity index (χ3v) is 1.40. The van der Waals surface area contributed by atoms with Crippen molar-refractivity contribution in [2.24, 2.45) is 0 Å². The van der Waals surface area contributed by atoms with E-state index < -0.39 is 0 Å². The summed E-state index contributed by atoms with van der Waals surface area (Å²) in [7, 11) is 0. The smallest absolute Gasteiger partial charge is 0.244 e. The van der Waals surface area contributed by atoms with Gasteiger partial charge in [-0.25, -0.2) is 0 Å². The zero-order chi connectivity index (χ0) is 10.4. The molecule has 1 aromatic heterocycles. The average molecular weight is 193 g/mol. The van der Waals surface area contributed by atoms with E-state index in [0.29, 0.717) is 18.5 Å². The summed E-state index contributed by atoms with van der Waals surface area (Å²) in [6, 6.07) is 0.332. The van der Waals surface area contributed by atoms with Crippen molar-refractivity contribution in [3.05, 3.63) is 18.9 Å². The van der Waals surface area contributed by atoms with Crippen molar-refractivity contribution in [3.63, 3.8) is 0 Å². The molecule has 0 aliphatic carbocycles. The molecule has 5 nitrogen and oxygen atoms in total. The van der Waals surface area contributed by atoms with Gasteiger partial charge in [0.1, 0.15) is 0 Å². The predicted molar refractivity (Wildman–Crippen MR) is 57.3 cm³/mol. The molecule has 0 radical (unpaired) electrons. The summed E-state index contributed by atoms with van der Waals surface area (Å²) in [5, 5.41) is 13.8. The molecule has 0 atom stereocenters. The molecule has 0 aliphatic rings. The normalized spacial score (nSPS) is 9.93. The Kier molecular flexibility index (Phi) is 3.84. The fraction of sp³-hybridized carbons (Fsp3) is 0.444. The van der Waals surface area contributed by atoms with Crippen molar-refractivity contribution in [2.45, 2.75) is 19.9 Å². The fourth-order valence-corrected chi connectivity index (χ4v) is 0.907. The molecule has 0 saturated carbocycles. The highest BCUT2D eigenvalue weighted by Crippen LogP contribution is 2.04. The Labute approximate surface area is 83.7 Å². The third kappa shape index (κ3) is 3.38. The molecule has 0 aliphatic heterocycles. The first-order chi connectivity index (χ1) is 6.72. The highest BCUT2D eigenvalue weighted by atomic mass is 15.3. The molecule has 5 heteroatoms. The molecule has 2 N–H and O–H groups in total. The number of hydrogen-bond donors (Lipinski definition) is 2. The average Bonchev–Trinajstić information content (AvgIpc) is 2.14. The predicted octanol–water partition coefficient (Wildman–Crippen LogP) is 1.29. The molecule has 0 fully saturated rings. The van der Waals surface area contributed by atoms with Crippen LogP contribution in [-0.2, 0) is 0 Å². The van der Waals surface area contributed by atoms with Gasteiger partial charge in [0.25, 0.3) is 0 Å². The molecule has 1 rings (SSSR count). The molecule has 0 bridgehead atoms. The second-order valence-electron chi connectivity index (χ2n) is 3.13. The van der Waals surface area contributed by atoms with Crippen LogP contribution >= 0.6 is 0 Å². The molecule has 0 aromatic carbocycles. The lowest BCUT2D eigenvalue weighted by molar-refractivity contribution is 0.871. The van der Waals surface area contributed by atoms with Crippen LogP contribution in [0.2, 0.25) is 0 Å². The summed E-state index contributed by atoms with van der Waals surface area (Å²) < 4.78 is 0. The summed E-state index contributed by atoms with van der Waals surface area (Å²) in [5.74, 6) is 1.23. The zero-order valence-electron chi connectivity index (χ0n) is 8.49. The Bertz CT molecular complexity index is 297. The number of hydrogen-bond acceptors (Lipinski definition) is 5. The lowest BCUT2D eigenvalue weighted by Crippen LogP contribution is -2.13. The maximum atomic E-state index is 4.21. The van der Waals surface area contributed by atoms with Gasteiger partial charge >= 0.3 is 0 Å². The maximum Gasteiger partial charge on any atom is 0.244 e. The zero-order valence-corrected chi connectivity index (χ0v) is 8.49. The molecular formula is C9H15N5. The first-order valence-corrected chi connectivity index (χ1v) is 4.53. The SMILES string of the molecule is C=CCNc1nncc(NC(C)C)n1. The highest BCUT2D eigenvalue weighted by molar-refractivity contribution is 5.37. The Morgan fingerprint density at radius 1 is 1.57 bits per heavy atom. The number of anilines is 2. The highest BCUT2D eigenvalue weighted by Gasteiger charge is 1.99. The molecule has 0 amide bonds. The van der Waals surface area contributed by atoms with Crippen molar-refractivity contribution in [2.75, 3.05) is 17.2 Å². The lowest BCUT2D eigenvalue weighted by atomic mass is 10.4. The summed E-state index contributed by atoms with van der Waals surface area (Å²) in [5.41, 5.74) is 0. The van der Waals surface area contributed by atoms with Gasteiger partial charge in [0.15, 0.2) is 5.82 Å². The van der Waals surface area contributed by atoms with Gasteiger partial charge in [0, 0.05) is 12.6 Å². The summed E-state index contributed by atoms with van der Waals surface area (Å²) in [6.07, 6.45) is 3.34. The third-order valence-electron chi connectivity index (χ3n) is 1.40. The summed E-state index contributed by atoms with van der Waals surface area (Å²) in [6.45, 7) is 8.31. The second-order valence-corrected chi connectivity index (χ2v) is 3.13. The standard InChI is InChI=1S/C9H15N5/c1-4-5-10-9-13-8(6-11-14-9)12-7(2)3/h4,6-7H,1,5H2,2-3H3,(H2,10,12,13,14). The molecule has 0 spiro atoms. The van der Waals surface area contributed by atoms with E-state index >= 15 is 0 Å². The van der Waals surface area contributed by atoms with Gasteiger partial charge < -0.3 is 10.6 Å². The molecule has 14 heavy (non-hydrogen) atoms. The maximum absolute atomic E-state index is 4.21. The molecular weight excluding hydrogens is 178 g/mol. The van der Waals surface area contributed by atoms with Gasteiger partial charge in [-0.3, -0.25) is 0 Å². The van der Waals surface area contributed by atoms with Crippen LogP contribution in [-0.4, -0.2) is 27.8 Å². The van der Waals surface area contributed by atoms with Crippen LogP contribution in [0, 0.1) is 0 Å². The van der Waals surface area contributed by atoms with Crippen LogP contribution in [0.1, 0.15) is 13.8 Å². The second kappa shape index (κ2) is 5.16. The van der Waals surface area contributed by atoms with Gasteiger partial charge in [0.2, 0.25) is 5.95 Å². The van der Waals surface area contributed by atoms with Crippen LogP contribution in [0.15, 0.2) is 18.9 Å². The lowest BCUT2D eigenvalue weighted by Gasteiger charge is -2.08. The van der Waals surface area contributed by atoms with Crippen LogP contribution in [0.4, 0.5) is 11.8 Å². The molecule has 1 aromatic rings. The van der Waals surface area contributed by atoms with Crippen molar-refractivity contribution >= 4 is 11.8 Å². The van der Waals surface area contributed by atoms with Crippen molar-refractivity contribution < 1.29 is 0 Å². The Balaban J connectivity index is 2.63. The van der Waals surface area contributed by atoms with Crippen molar-refractivity contribution in [3.8, 4) is 0 Å². The van der Waals surface area contributed by atoms with E-state index in [9.17, 15) is 0 Å². The molecule has 1 heterocycles.